The summed E-state index contributed by atoms with van der Waals surface area (Å²) in [7, 11) is 0. The van der Waals surface area contributed by atoms with Crippen LogP contribution in [-0.4, -0.2) is 24.2 Å². The second kappa shape index (κ2) is 6.77. The second-order valence-electron chi connectivity index (χ2n) is 3.62. The summed E-state index contributed by atoms with van der Waals surface area (Å²) in [4.78, 5) is 4.06. The summed E-state index contributed by atoms with van der Waals surface area (Å²) in [6.45, 7) is 2.86. The number of hydrogen-bond acceptors (Lipinski definition) is 3. The van der Waals surface area contributed by atoms with Gasteiger partial charge < -0.3 is 10.1 Å². The van der Waals surface area contributed by atoms with Crippen LogP contribution in [0, 0.1) is 0 Å². The number of rotatable bonds is 3. The molecule has 1 fully saturated rings. The van der Waals surface area contributed by atoms with Gasteiger partial charge in [0.15, 0.2) is 0 Å². The molecular weight excluding hydrogens is 212 g/mol. The van der Waals surface area contributed by atoms with Gasteiger partial charge in [-0.15, -0.1) is 12.4 Å². The zero-order valence-corrected chi connectivity index (χ0v) is 9.50. The van der Waals surface area contributed by atoms with E-state index in [9.17, 15) is 0 Å². The van der Waals surface area contributed by atoms with Crippen LogP contribution in [0.2, 0.25) is 0 Å². The molecule has 0 spiro atoms. The first-order valence-corrected chi connectivity index (χ1v) is 5.16. The second-order valence-corrected chi connectivity index (χ2v) is 3.62. The quantitative estimate of drug-likeness (QED) is 0.857. The van der Waals surface area contributed by atoms with Gasteiger partial charge in [0.2, 0.25) is 0 Å². The third kappa shape index (κ3) is 4.16. The first-order valence-electron chi connectivity index (χ1n) is 5.16. The number of nitrogens with zero attached hydrogens (tertiary/aromatic N) is 1. The van der Waals surface area contributed by atoms with Crippen molar-refractivity contribution in [2.75, 3.05) is 13.1 Å². The predicted molar refractivity (Wildman–Crippen MR) is 62.2 cm³/mol. The number of pyridine rings is 1. The van der Waals surface area contributed by atoms with Crippen molar-refractivity contribution in [2.45, 2.75) is 25.6 Å². The number of nitrogens with one attached hydrogen (secondary N) is 1. The number of hydrogen-bond donors (Lipinski definition) is 1. The molecule has 15 heavy (non-hydrogen) atoms. The Morgan fingerprint density at radius 3 is 2.87 bits per heavy atom. The van der Waals surface area contributed by atoms with Crippen LogP contribution in [0.25, 0.3) is 0 Å². The standard InChI is InChI=1S/C11H16N2O.ClH/c1-2-10(8-13-5-1)9-14-11-3-6-12-7-4-11;/h1-2,5,8,11-12H,3-4,6-7,9H2;1H. The molecule has 2 heterocycles. The van der Waals surface area contributed by atoms with Gasteiger partial charge >= 0.3 is 0 Å². The lowest BCUT2D eigenvalue weighted by Crippen LogP contribution is -2.32. The minimum Gasteiger partial charge on any atom is -0.373 e. The summed E-state index contributed by atoms with van der Waals surface area (Å²) in [5, 5.41) is 3.32. The van der Waals surface area contributed by atoms with E-state index in [1.807, 2.05) is 18.3 Å². The van der Waals surface area contributed by atoms with Gasteiger partial charge in [-0.1, -0.05) is 6.07 Å². The van der Waals surface area contributed by atoms with Crippen LogP contribution in [0.3, 0.4) is 0 Å². The van der Waals surface area contributed by atoms with Crippen molar-refractivity contribution in [3.8, 4) is 0 Å². The fraction of sp³-hybridized carbons (Fsp3) is 0.545. The van der Waals surface area contributed by atoms with Gasteiger partial charge in [0, 0.05) is 12.4 Å². The van der Waals surface area contributed by atoms with E-state index in [-0.39, 0.29) is 12.4 Å². The van der Waals surface area contributed by atoms with Gasteiger partial charge in [-0.2, -0.15) is 0 Å². The maximum absolute atomic E-state index is 5.79. The summed E-state index contributed by atoms with van der Waals surface area (Å²) >= 11 is 0. The Balaban J connectivity index is 0.00000112. The summed E-state index contributed by atoms with van der Waals surface area (Å²) < 4.78 is 5.79. The van der Waals surface area contributed by atoms with Crippen LogP contribution in [0.5, 0.6) is 0 Å². The fourth-order valence-electron chi connectivity index (χ4n) is 1.66. The highest BCUT2D eigenvalue weighted by Gasteiger charge is 2.12. The molecule has 0 unspecified atom stereocenters. The van der Waals surface area contributed by atoms with E-state index in [2.05, 4.69) is 10.3 Å². The third-order valence-electron chi connectivity index (χ3n) is 2.49. The molecule has 0 aromatic carbocycles. The lowest BCUT2D eigenvalue weighted by Gasteiger charge is -2.22. The molecule has 4 heteroatoms. The maximum atomic E-state index is 5.79. The fourth-order valence-corrected chi connectivity index (χ4v) is 1.66. The third-order valence-corrected chi connectivity index (χ3v) is 2.49. The topological polar surface area (TPSA) is 34.1 Å². The van der Waals surface area contributed by atoms with Crippen molar-refractivity contribution in [2.24, 2.45) is 0 Å². The van der Waals surface area contributed by atoms with Gasteiger partial charge in [-0.25, -0.2) is 0 Å². The minimum absolute atomic E-state index is 0. The van der Waals surface area contributed by atoms with Crippen LogP contribution in [0.1, 0.15) is 18.4 Å². The van der Waals surface area contributed by atoms with Crippen LogP contribution < -0.4 is 5.32 Å². The normalized spacial score (nSPS) is 17.1. The molecule has 0 atom stereocenters. The summed E-state index contributed by atoms with van der Waals surface area (Å²) in [6, 6.07) is 4.00. The van der Waals surface area contributed by atoms with Gasteiger partial charge in [0.1, 0.15) is 0 Å². The van der Waals surface area contributed by atoms with Crippen LogP contribution in [0.15, 0.2) is 24.5 Å². The minimum atomic E-state index is 0. The van der Waals surface area contributed by atoms with Gasteiger partial charge in [0.25, 0.3) is 0 Å². The van der Waals surface area contributed by atoms with Crippen molar-refractivity contribution in [1.29, 1.82) is 0 Å². The molecule has 0 radical (unpaired) electrons. The summed E-state index contributed by atoms with van der Waals surface area (Å²) in [5.41, 5.74) is 1.16. The zero-order chi connectivity index (χ0) is 9.64. The Morgan fingerprint density at radius 2 is 2.20 bits per heavy atom. The molecule has 0 amide bonds. The molecule has 1 N–H and O–H groups in total. The number of ether oxygens (including phenoxy) is 1. The van der Waals surface area contributed by atoms with Gasteiger partial charge in [0.05, 0.1) is 12.7 Å². The molecule has 1 aliphatic rings. The van der Waals surface area contributed by atoms with E-state index in [1.165, 1.54) is 0 Å². The average molecular weight is 229 g/mol. The number of piperidine rings is 1. The highest BCUT2D eigenvalue weighted by Crippen LogP contribution is 2.10. The van der Waals surface area contributed by atoms with E-state index < -0.39 is 0 Å². The Bertz CT molecular complexity index is 263. The highest BCUT2D eigenvalue weighted by atomic mass is 35.5. The van der Waals surface area contributed by atoms with Crippen molar-refractivity contribution < 1.29 is 4.74 Å². The molecule has 1 aliphatic heterocycles. The number of aromatic nitrogens is 1. The monoisotopic (exact) mass is 228 g/mol. The van der Waals surface area contributed by atoms with Crippen molar-refractivity contribution in [3.05, 3.63) is 30.1 Å². The molecular formula is C11H17ClN2O. The molecule has 1 aromatic rings. The average Bonchev–Trinajstić information content (AvgIpc) is 2.29. The van der Waals surface area contributed by atoms with E-state index in [0.29, 0.717) is 12.7 Å². The molecule has 3 nitrogen and oxygen atoms in total. The van der Waals surface area contributed by atoms with Crippen LogP contribution in [-0.2, 0) is 11.3 Å². The summed E-state index contributed by atoms with van der Waals surface area (Å²) in [6.07, 6.45) is 6.33. The van der Waals surface area contributed by atoms with Crippen LogP contribution in [0.4, 0.5) is 0 Å². The molecule has 1 aromatic heterocycles. The maximum Gasteiger partial charge on any atom is 0.0735 e. The largest absolute Gasteiger partial charge is 0.373 e. The first-order chi connectivity index (χ1) is 6.95. The van der Waals surface area contributed by atoms with E-state index in [1.54, 1.807) is 6.20 Å². The van der Waals surface area contributed by atoms with Crippen molar-refractivity contribution in [3.63, 3.8) is 0 Å². The Labute approximate surface area is 96.7 Å². The van der Waals surface area contributed by atoms with Crippen molar-refractivity contribution in [1.82, 2.24) is 10.3 Å². The van der Waals surface area contributed by atoms with E-state index >= 15 is 0 Å². The molecule has 0 saturated carbocycles. The smallest absolute Gasteiger partial charge is 0.0735 e. The predicted octanol–water partition coefficient (Wildman–Crippen LogP) is 1.77. The Kier molecular flexibility index (Phi) is 5.61. The number of halogens is 1. The molecule has 0 bridgehead atoms. The molecule has 1 saturated heterocycles. The van der Waals surface area contributed by atoms with Crippen molar-refractivity contribution >= 4 is 12.4 Å². The SMILES string of the molecule is Cl.c1cncc(COC2CCNCC2)c1. The Hall–Kier alpha value is -0.640. The lowest BCUT2D eigenvalue weighted by atomic mass is 10.1. The highest BCUT2D eigenvalue weighted by molar-refractivity contribution is 5.85. The lowest BCUT2D eigenvalue weighted by molar-refractivity contribution is 0.0211. The molecule has 0 aliphatic carbocycles. The van der Waals surface area contributed by atoms with Gasteiger partial charge in [-0.3, -0.25) is 4.98 Å². The van der Waals surface area contributed by atoms with E-state index in [0.717, 1.165) is 31.5 Å². The Morgan fingerprint density at radius 1 is 1.40 bits per heavy atom. The van der Waals surface area contributed by atoms with E-state index in [4.69, 9.17) is 4.74 Å². The first kappa shape index (κ1) is 12.4. The summed E-state index contributed by atoms with van der Waals surface area (Å²) in [5.74, 6) is 0. The van der Waals surface area contributed by atoms with Crippen LogP contribution >= 0.6 is 12.4 Å². The molecule has 2 rings (SSSR count). The molecule has 84 valence electrons. The zero-order valence-electron chi connectivity index (χ0n) is 8.69. The van der Waals surface area contributed by atoms with Gasteiger partial charge in [-0.05, 0) is 37.6 Å².